The van der Waals surface area contributed by atoms with E-state index < -0.39 is 0 Å². The van der Waals surface area contributed by atoms with Crippen LogP contribution in [0.15, 0.2) is 30.3 Å². The Balaban J connectivity index is 1.75. The first-order valence-corrected chi connectivity index (χ1v) is 9.02. The zero-order chi connectivity index (χ0) is 18.3. The Morgan fingerprint density at radius 3 is 2.54 bits per heavy atom. The standard InChI is InChI=1S/C21H23NO4/c1-12(2)26-14-4-5-15-17(11-21(23)22-18(15)9-14)16-10-20-19(8-13(16)3)24-6-7-25-20/h4-5,8-10,12,17H,6-7,11H2,1-3H3,(H,22,23). The highest BCUT2D eigenvalue weighted by Gasteiger charge is 2.29. The number of anilines is 1. The molecule has 0 radical (unpaired) electrons. The molecule has 5 nitrogen and oxygen atoms in total. The molecule has 0 aliphatic carbocycles. The van der Waals surface area contributed by atoms with Crippen LogP contribution in [-0.2, 0) is 4.79 Å². The predicted octanol–water partition coefficient (Wildman–Crippen LogP) is 4.03. The number of rotatable bonds is 3. The van der Waals surface area contributed by atoms with Gasteiger partial charge in [-0.25, -0.2) is 0 Å². The SMILES string of the molecule is Cc1cc2c(cc1C1CC(=O)Nc3cc(OC(C)C)ccc31)OCCO2. The number of ether oxygens (including phenoxy) is 3. The normalized spacial score (nSPS) is 18.3. The molecule has 2 aromatic carbocycles. The first-order chi connectivity index (χ1) is 12.5. The van der Waals surface area contributed by atoms with Crippen molar-refractivity contribution < 1.29 is 19.0 Å². The van der Waals surface area contributed by atoms with Gasteiger partial charge in [-0.05, 0) is 55.7 Å². The minimum absolute atomic E-state index is 0.0114. The predicted molar refractivity (Wildman–Crippen MR) is 99.5 cm³/mol. The molecule has 0 aromatic heterocycles. The highest BCUT2D eigenvalue weighted by atomic mass is 16.6. The molecule has 0 spiro atoms. The molecule has 1 amide bonds. The molecular formula is C21H23NO4. The maximum Gasteiger partial charge on any atom is 0.225 e. The van der Waals surface area contributed by atoms with Crippen molar-refractivity contribution in [2.75, 3.05) is 18.5 Å². The molecule has 5 heteroatoms. The largest absolute Gasteiger partial charge is 0.491 e. The molecule has 0 fully saturated rings. The van der Waals surface area contributed by atoms with E-state index in [-0.39, 0.29) is 17.9 Å². The third-order valence-corrected chi connectivity index (χ3v) is 4.74. The van der Waals surface area contributed by atoms with E-state index in [1.807, 2.05) is 44.2 Å². The number of fused-ring (bicyclic) bond motifs is 2. The van der Waals surface area contributed by atoms with Gasteiger partial charge in [0.05, 0.1) is 6.10 Å². The summed E-state index contributed by atoms with van der Waals surface area (Å²) >= 11 is 0. The Morgan fingerprint density at radius 2 is 1.81 bits per heavy atom. The van der Waals surface area contributed by atoms with E-state index in [0.717, 1.165) is 39.6 Å². The average Bonchev–Trinajstić information content (AvgIpc) is 2.59. The third-order valence-electron chi connectivity index (χ3n) is 4.74. The molecule has 0 bridgehead atoms. The zero-order valence-electron chi connectivity index (χ0n) is 15.3. The lowest BCUT2D eigenvalue weighted by Crippen LogP contribution is -2.24. The van der Waals surface area contributed by atoms with Gasteiger partial charge in [0, 0.05) is 24.1 Å². The van der Waals surface area contributed by atoms with E-state index in [4.69, 9.17) is 14.2 Å². The monoisotopic (exact) mass is 353 g/mol. The van der Waals surface area contributed by atoms with Crippen molar-refractivity contribution in [2.45, 2.75) is 39.2 Å². The van der Waals surface area contributed by atoms with Crippen molar-refractivity contribution in [1.29, 1.82) is 0 Å². The molecular weight excluding hydrogens is 330 g/mol. The highest BCUT2D eigenvalue weighted by Crippen LogP contribution is 2.43. The molecule has 2 heterocycles. The summed E-state index contributed by atoms with van der Waals surface area (Å²) < 4.78 is 17.2. The summed E-state index contributed by atoms with van der Waals surface area (Å²) in [5.74, 6) is 2.29. The molecule has 1 unspecified atom stereocenters. The highest BCUT2D eigenvalue weighted by molar-refractivity contribution is 5.95. The van der Waals surface area contributed by atoms with Crippen LogP contribution >= 0.6 is 0 Å². The van der Waals surface area contributed by atoms with Gasteiger partial charge < -0.3 is 19.5 Å². The molecule has 26 heavy (non-hydrogen) atoms. The fraction of sp³-hybridized carbons (Fsp3) is 0.381. The fourth-order valence-corrected chi connectivity index (χ4v) is 3.65. The summed E-state index contributed by atoms with van der Waals surface area (Å²) in [4.78, 5) is 12.3. The topological polar surface area (TPSA) is 56.8 Å². The van der Waals surface area contributed by atoms with E-state index in [1.54, 1.807) is 0 Å². The molecule has 2 aliphatic rings. The number of hydrogen-bond donors (Lipinski definition) is 1. The summed E-state index contributed by atoms with van der Waals surface area (Å²) in [6.45, 7) is 7.14. The third kappa shape index (κ3) is 3.09. The Bertz CT molecular complexity index is 859. The fourth-order valence-electron chi connectivity index (χ4n) is 3.65. The lowest BCUT2D eigenvalue weighted by atomic mass is 9.82. The quantitative estimate of drug-likeness (QED) is 0.905. The number of benzene rings is 2. The van der Waals surface area contributed by atoms with Gasteiger partial charge in [0.2, 0.25) is 5.91 Å². The van der Waals surface area contributed by atoms with E-state index in [1.165, 1.54) is 0 Å². The average molecular weight is 353 g/mol. The second-order valence-electron chi connectivity index (χ2n) is 7.07. The van der Waals surface area contributed by atoms with Crippen LogP contribution < -0.4 is 19.5 Å². The molecule has 0 saturated heterocycles. The minimum Gasteiger partial charge on any atom is -0.491 e. The van der Waals surface area contributed by atoms with Crippen LogP contribution in [0.4, 0.5) is 5.69 Å². The van der Waals surface area contributed by atoms with E-state index in [2.05, 4.69) is 12.2 Å². The second-order valence-corrected chi connectivity index (χ2v) is 7.07. The van der Waals surface area contributed by atoms with Crippen LogP contribution in [0.1, 0.15) is 42.9 Å². The van der Waals surface area contributed by atoms with Gasteiger partial charge in [0.15, 0.2) is 11.5 Å². The first kappa shape index (κ1) is 16.8. The van der Waals surface area contributed by atoms with E-state index in [0.29, 0.717) is 19.6 Å². The molecule has 1 N–H and O–H groups in total. The lowest BCUT2D eigenvalue weighted by molar-refractivity contribution is -0.116. The summed E-state index contributed by atoms with van der Waals surface area (Å²) in [6, 6.07) is 9.96. The smallest absolute Gasteiger partial charge is 0.225 e. The number of aryl methyl sites for hydroxylation is 1. The molecule has 0 saturated carbocycles. The Kier molecular flexibility index (Phi) is 4.23. The maximum absolute atomic E-state index is 12.3. The van der Waals surface area contributed by atoms with Gasteiger partial charge in [-0.3, -0.25) is 4.79 Å². The van der Waals surface area contributed by atoms with Crippen LogP contribution in [0.3, 0.4) is 0 Å². The number of carbonyl (C=O) groups is 1. The summed E-state index contributed by atoms with van der Waals surface area (Å²) in [5, 5.41) is 2.98. The molecule has 2 aromatic rings. The number of hydrogen-bond acceptors (Lipinski definition) is 4. The van der Waals surface area contributed by atoms with Gasteiger partial charge in [-0.2, -0.15) is 0 Å². The van der Waals surface area contributed by atoms with Crippen LogP contribution in [0.25, 0.3) is 0 Å². The Morgan fingerprint density at radius 1 is 1.08 bits per heavy atom. The van der Waals surface area contributed by atoms with E-state index >= 15 is 0 Å². The number of carbonyl (C=O) groups excluding carboxylic acids is 1. The van der Waals surface area contributed by atoms with Crippen LogP contribution in [-0.4, -0.2) is 25.2 Å². The van der Waals surface area contributed by atoms with Crippen LogP contribution in [0.2, 0.25) is 0 Å². The number of amides is 1. The molecule has 1 atom stereocenters. The van der Waals surface area contributed by atoms with Gasteiger partial charge in [0.1, 0.15) is 19.0 Å². The van der Waals surface area contributed by atoms with Crippen molar-refractivity contribution in [1.82, 2.24) is 0 Å². The van der Waals surface area contributed by atoms with Gasteiger partial charge >= 0.3 is 0 Å². The second kappa shape index (κ2) is 6.56. The van der Waals surface area contributed by atoms with Crippen molar-refractivity contribution in [3.05, 3.63) is 47.0 Å². The minimum atomic E-state index is -0.0114. The molecule has 4 rings (SSSR count). The Labute approximate surface area is 153 Å². The Hall–Kier alpha value is -2.69. The van der Waals surface area contributed by atoms with Crippen molar-refractivity contribution >= 4 is 11.6 Å². The van der Waals surface area contributed by atoms with Crippen LogP contribution in [0, 0.1) is 6.92 Å². The molecule has 2 aliphatic heterocycles. The maximum atomic E-state index is 12.3. The summed E-state index contributed by atoms with van der Waals surface area (Å²) in [6.07, 6.45) is 0.501. The van der Waals surface area contributed by atoms with Crippen molar-refractivity contribution in [3.63, 3.8) is 0 Å². The van der Waals surface area contributed by atoms with Gasteiger partial charge in [-0.1, -0.05) is 6.07 Å². The van der Waals surface area contributed by atoms with Crippen LogP contribution in [0.5, 0.6) is 17.2 Å². The number of nitrogens with one attached hydrogen (secondary N) is 1. The van der Waals surface area contributed by atoms with Gasteiger partial charge in [0.25, 0.3) is 0 Å². The summed E-state index contributed by atoms with van der Waals surface area (Å²) in [5.41, 5.74) is 4.12. The summed E-state index contributed by atoms with van der Waals surface area (Å²) in [7, 11) is 0. The van der Waals surface area contributed by atoms with Gasteiger partial charge in [-0.15, -0.1) is 0 Å². The van der Waals surface area contributed by atoms with E-state index in [9.17, 15) is 4.79 Å². The zero-order valence-corrected chi connectivity index (χ0v) is 15.3. The first-order valence-electron chi connectivity index (χ1n) is 9.02. The molecule has 136 valence electrons. The van der Waals surface area contributed by atoms with Crippen molar-refractivity contribution in [2.24, 2.45) is 0 Å². The lowest BCUT2D eigenvalue weighted by Gasteiger charge is -2.29. The van der Waals surface area contributed by atoms with Crippen molar-refractivity contribution in [3.8, 4) is 17.2 Å².